The minimum Gasteiger partial charge on any atom is -0.497 e. The first-order chi connectivity index (χ1) is 12.0. The van der Waals surface area contributed by atoms with Crippen molar-refractivity contribution >= 4 is 14.7 Å². The van der Waals surface area contributed by atoms with E-state index in [4.69, 9.17) is 4.74 Å². The van der Waals surface area contributed by atoms with Crippen molar-refractivity contribution < 1.29 is 21.9 Å². The largest absolute Gasteiger partial charge is 0.497 e. The number of hydrogen-bond acceptors (Lipinski definition) is 3. The quantitative estimate of drug-likeness (QED) is 0.763. The summed E-state index contributed by atoms with van der Waals surface area (Å²) in [5.74, 6) is -2.65. The Balaban J connectivity index is 2.26. The Kier molecular flexibility index (Phi) is 4.22. The van der Waals surface area contributed by atoms with Gasteiger partial charge in [0.2, 0.25) is 9.84 Å². The summed E-state index contributed by atoms with van der Waals surface area (Å²) >= 11 is 0. The number of allylic oxidation sites excluding steroid dienone is 1. The van der Waals surface area contributed by atoms with Gasteiger partial charge in [-0.2, -0.15) is 0 Å². The summed E-state index contributed by atoms with van der Waals surface area (Å²) in [6, 6.07) is 12.3. The zero-order valence-electron chi connectivity index (χ0n) is 15.0. The maximum Gasteiger partial charge on any atom is 0.280 e. The Morgan fingerprint density at radius 3 is 1.88 bits per heavy atom. The molecule has 0 atom stereocenters. The van der Waals surface area contributed by atoms with E-state index in [1.54, 1.807) is 24.3 Å². The zero-order valence-corrected chi connectivity index (χ0v) is 15.8. The monoisotopic (exact) mass is 378 g/mol. The molecular weight excluding hydrogens is 358 g/mol. The van der Waals surface area contributed by atoms with Crippen LogP contribution in [-0.4, -0.2) is 21.5 Å². The molecular formula is C20H20F2O3S. The Morgan fingerprint density at radius 2 is 1.46 bits per heavy atom. The summed E-state index contributed by atoms with van der Waals surface area (Å²) in [5.41, 5.74) is -0.734. The second kappa shape index (κ2) is 5.91. The second-order valence-electron chi connectivity index (χ2n) is 6.95. The molecule has 26 heavy (non-hydrogen) atoms. The van der Waals surface area contributed by atoms with Crippen LogP contribution in [0.25, 0.3) is 4.91 Å². The fourth-order valence-corrected chi connectivity index (χ4v) is 4.83. The van der Waals surface area contributed by atoms with Crippen LogP contribution in [0.15, 0.2) is 59.0 Å². The normalized spacial score (nSPS) is 19.8. The van der Waals surface area contributed by atoms with Crippen LogP contribution in [0.4, 0.5) is 8.78 Å². The SMILES string of the molecule is COc1ccc(/C(=C2/C(C)(C)C2(F)F)S(=O)(=O)c2ccc(C)cc2)cc1. The highest BCUT2D eigenvalue weighted by Gasteiger charge is 2.72. The van der Waals surface area contributed by atoms with Gasteiger partial charge in [-0.3, -0.25) is 0 Å². The van der Waals surface area contributed by atoms with Gasteiger partial charge in [-0.25, -0.2) is 17.2 Å². The number of sulfone groups is 1. The fourth-order valence-electron chi connectivity index (χ4n) is 3.00. The standard InChI is InChI=1S/C20H20F2O3S/c1-13-5-11-16(12-6-13)26(23,24)17(18-19(2,3)20(18,21)22)14-7-9-15(25-4)10-8-14/h5-12H,1-4H3/b18-17+. The Bertz CT molecular complexity index is 955. The number of alkyl halides is 2. The van der Waals surface area contributed by atoms with Crippen molar-refractivity contribution in [3.8, 4) is 5.75 Å². The molecule has 1 saturated carbocycles. The van der Waals surface area contributed by atoms with Crippen molar-refractivity contribution in [2.75, 3.05) is 7.11 Å². The summed E-state index contributed by atoms with van der Waals surface area (Å²) in [7, 11) is -2.63. The molecule has 0 N–H and O–H groups in total. The molecule has 0 aromatic heterocycles. The highest BCUT2D eigenvalue weighted by Crippen LogP contribution is 2.68. The van der Waals surface area contributed by atoms with E-state index in [0.717, 1.165) is 5.56 Å². The molecule has 0 heterocycles. The van der Waals surface area contributed by atoms with Gasteiger partial charge in [0.05, 0.1) is 22.3 Å². The van der Waals surface area contributed by atoms with E-state index in [2.05, 4.69) is 0 Å². The predicted octanol–water partition coefficient (Wildman–Crippen LogP) is 4.86. The van der Waals surface area contributed by atoms with Crippen LogP contribution in [0.2, 0.25) is 0 Å². The lowest BCUT2D eigenvalue weighted by atomic mass is 10.1. The minimum atomic E-state index is -4.11. The molecule has 1 aliphatic carbocycles. The Morgan fingerprint density at radius 1 is 0.962 bits per heavy atom. The molecule has 0 spiro atoms. The lowest BCUT2D eigenvalue weighted by molar-refractivity contribution is 0.0828. The first kappa shape index (κ1) is 18.6. The van der Waals surface area contributed by atoms with Crippen LogP contribution in [0.3, 0.4) is 0 Å². The van der Waals surface area contributed by atoms with Crippen LogP contribution < -0.4 is 4.74 Å². The topological polar surface area (TPSA) is 43.4 Å². The van der Waals surface area contributed by atoms with Crippen molar-refractivity contribution in [3.05, 3.63) is 65.2 Å². The number of methoxy groups -OCH3 is 1. The maximum atomic E-state index is 14.4. The third-order valence-electron chi connectivity index (χ3n) is 4.84. The summed E-state index contributed by atoms with van der Waals surface area (Å²) < 4.78 is 60.4. The summed E-state index contributed by atoms with van der Waals surface area (Å²) in [6.07, 6.45) is 0. The minimum absolute atomic E-state index is 0.0000759. The van der Waals surface area contributed by atoms with Crippen LogP contribution in [-0.2, 0) is 9.84 Å². The molecule has 0 unspecified atom stereocenters. The highest BCUT2D eigenvalue weighted by atomic mass is 32.2. The number of ether oxygens (including phenoxy) is 1. The predicted molar refractivity (Wildman–Crippen MR) is 97.0 cm³/mol. The molecule has 6 heteroatoms. The van der Waals surface area contributed by atoms with E-state index in [0.29, 0.717) is 5.75 Å². The van der Waals surface area contributed by atoms with E-state index < -0.39 is 21.2 Å². The third kappa shape index (κ3) is 2.72. The van der Waals surface area contributed by atoms with Crippen molar-refractivity contribution in [1.29, 1.82) is 0 Å². The van der Waals surface area contributed by atoms with Gasteiger partial charge in [-0.15, -0.1) is 0 Å². The number of halogens is 2. The average Bonchev–Trinajstić information content (AvgIpc) is 2.98. The van der Waals surface area contributed by atoms with Crippen molar-refractivity contribution in [1.82, 2.24) is 0 Å². The molecule has 138 valence electrons. The van der Waals surface area contributed by atoms with Crippen LogP contribution in [0.1, 0.15) is 25.0 Å². The third-order valence-corrected chi connectivity index (χ3v) is 6.71. The molecule has 3 nitrogen and oxygen atoms in total. The molecule has 0 bridgehead atoms. The number of benzene rings is 2. The van der Waals surface area contributed by atoms with E-state index in [-0.39, 0.29) is 20.9 Å². The van der Waals surface area contributed by atoms with E-state index >= 15 is 0 Å². The molecule has 2 aromatic carbocycles. The molecule has 3 rings (SSSR count). The summed E-state index contributed by atoms with van der Waals surface area (Å²) in [5, 5.41) is 0. The number of aryl methyl sites for hydroxylation is 1. The Labute approximate surface area is 152 Å². The van der Waals surface area contributed by atoms with Gasteiger partial charge in [0.15, 0.2) is 0 Å². The lowest BCUT2D eigenvalue weighted by Gasteiger charge is -2.11. The van der Waals surface area contributed by atoms with Crippen molar-refractivity contribution in [2.45, 2.75) is 31.6 Å². The highest BCUT2D eigenvalue weighted by molar-refractivity contribution is 8.00. The van der Waals surface area contributed by atoms with Crippen molar-refractivity contribution in [2.24, 2.45) is 5.41 Å². The van der Waals surface area contributed by atoms with Gasteiger partial charge in [-0.1, -0.05) is 17.7 Å². The molecule has 0 amide bonds. The second-order valence-corrected chi connectivity index (χ2v) is 8.84. The summed E-state index contributed by atoms with van der Waals surface area (Å²) in [4.78, 5) is -0.320. The fraction of sp³-hybridized carbons (Fsp3) is 0.300. The van der Waals surface area contributed by atoms with Gasteiger partial charge >= 0.3 is 0 Å². The molecule has 1 aliphatic rings. The molecule has 0 radical (unpaired) electrons. The van der Waals surface area contributed by atoms with Crippen molar-refractivity contribution in [3.63, 3.8) is 0 Å². The van der Waals surface area contributed by atoms with E-state index in [9.17, 15) is 17.2 Å². The lowest BCUT2D eigenvalue weighted by Crippen LogP contribution is -2.06. The van der Waals surface area contributed by atoms with Gasteiger partial charge in [0, 0.05) is 5.57 Å². The van der Waals surface area contributed by atoms with Gasteiger partial charge < -0.3 is 4.74 Å². The number of rotatable bonds is 4. The molecule has 0 saturated heterocycles. The first-order valence-corrected chi connectivity index (χ1v) is 9.61. The molecule has 1 fully saturated rings. The molecule has 0 aliphatic heterocycles. The zero-order chi connectivity index (χ0) is 19.3. The van der Waals surface area contributed by atoms with E-state index in [1.165, 1.54) is 45.2 Å². The first-order valence-electron chi connectivity index (χ1n) is 8.12. The average molecular weight is 378 g/mol. The maximum absolute atomic E-state index is 14.4. The van der Waals surface area contributed by atoms with Crippen LogP contribution in [0.5, 0.6) is 5.75 Å². The van der Waals surface area contributed by atoms with Gasteiger partial charge in [0.25, 0.3) is 5.92 Å². The molecule has 2 aromatic rings. The Hall–Kier alpha value is -2.21. The van der Waals surface area contributed by atoms with Gasteiger partial charge in [-0.05, 0) is 62.7 Å². The smallest absolute Gasteiger partial charge is 0.280 e. The summed E-state index contributed by atoms with van der Waals surface area (Å²) in [6.45, 7) is 4.55. The van der Waals surface area contributed by atoms with Crippen LogP contribution in [0, 0.1) is 12.3 Å². The number of hydrogen-bond donors (Lipinski definition) is 0. The van der Waals surface area contributed by atoms with Gasteiger partial charge in [0.1, 0.15) is 5.75 Å². The van der Waals surface area contributed by atoms with Crippen LogP contribution >= 0.6 is 0 Å². The van der Waals surface area contributed by atoms with E-state index in [1.807, 2.05) is 6.92 Å².